The molecule has 0 unspecified atom stereocenters. The van der Waals surface area contributed by atoms with E-state index < -0.39 is 0 Å². The molecule has 0 aliphatic rings. The Hall–Kier alpha value is -2.42. The van der Waals surface area contributed by atoms with E-state index in [0.29, 0.717) is 5.96 Å². The van der Waals surface area contributed by atoms with Crippen molar-refractivity contribution in [2.45, 2.75) is 0 Å². The molecule has 1 aromatic rings. The molecule has 9 heteroatoms. The van der Waals surface area contributed by atoms with E-state index in [1.807, 2.05) is 12.1 Å². The molecule has 0 saturated carbocycles. The Morgan fingerprint density at radius 2 is 1.94 bits per heavy atom. The summed E-state index contributed by atoms with van der Waals surface area (Å²) in [6.07, 6.45) is 3.20. The molecule has 0 radical (unpaired) electrons. The van der Waals surface area contributed by atoms with Crippen LogP contribution in [-0.4, -0.2) is 31.4 Å². The fraction of sp³-hybridized carbons (Fsp3) is 0.111. The van der Waals surface area contributed by atoms with Crippen LogP contribution >= 0.6 is 11.3 Å². The maximum absolute atomic E-state index is 5.46. The molecule has 1 heterocycles. The zero-order chi connectivity index (χ0) is 13.4. The normalized spacial score (nSPS) is 12.2. The highest BCUT2D eigenvalue weighted by molar-refractivity contribution is 7.15. The van der Waals surface area contributed by atoms with E-state index in [9.17, 15) is 0 Å². The van der Waals surface area contributed by atoms with Crippen LogP contribution in [0.25, 0.3) is 0 Å². The van der Waals surface area contributed by atoms with Gasteiger partial charge in [-0.1, -0.05) is 0 Å². The molecule has 18 heavy (non-hydrogen) atoms. The first kappa shape index (κ1) is 13.6. The van der Waals surface area contributed by atoms with Crippen LogP contribution in [-0.2, 0) is 0 Å². The third-order valence-corrected chi connectivity index (χ3v) is 2.61. The fourth-order valence-electron chi connectivity index (χ4n) is 0.881. The number of rotatable bonds is 4. The average molecular weight is 267 g/mol. The van der Waals surface area contributed by atoms with Gasteiger partial charge in [-0.05, 0) is 12.1 Å². The highest BCUT2D eigenvalue weighted by Gasteiger charge is 1.96. The lowest BCUT2D eigenvalue weighted by molar-refractivity contribution is -0.423. The van der Waals surface area contributed by atoms with Crippen molar-refractivity contribution in [3.8, 4) is 0 Å². The van der Waals surface area contributed by atoms with E-state index in [4.69, 9.17) is 17.2 Å². The minimum absolute atomic E-state index is 0.0770. The minimum atomic E-state index is -0.0770. The predicted octanol–water partition coefficient (Wildman–Crippen LogP) is -2.70. The van der Waals surface area contributed by atoms with Crippen LogP contribution in [0.1, 0.15) is 9.75 Å². The van der Waals surface area contributed by atoms with Gasteiger partial charge in [-0.3, -0.25) is 10.7 Å². The van der Waals surface area contributed by atoms with Crippen molar-refractivity contribution in [3.63, 3.8) is 0 Å². The molecular weight excluding hydrogens is 252 g/mol. The van der Waals surface area contributed by atoms with Gasteiger partial charge in [-0.2, -0.15) is 10.5 Å². The fourth-order valence-corrected chi connectivity index (χ4v) is 1.63. The molecule has 0 saturated heterocycles. The molecular formula is C9H15N8S+. The van der Waals surface area contributed by atoms with E-state index in [2.05, 4.69) is 25.7 Å². The molecule has 1 rings (SSSR count). The number of hydrogen-bond acceptors (Lipinski definition) is 4. The number of nitrogens with one attached hydrogen (secondary N) is 2. The van der Waals surface area contributed by atoms with Crippen LogP contribution in [0.15, 0.2) is 27.4 Å². The van der Waals surface area contributed by atoms with E-state index in [1.54, 1.807) is 19.5 Å². The number of thiophene rings is 1. The van der Waals surface area contributed by atoms with Crippen LogP contribution in [0.5, 0.6) is 0 Å². The molecule has 8 N–H and O–H groups in total. The van der Waals surface area contributed by atoms with Gasteiger partial charge in [0.1, 0.15) is 0 Å². The number of nitrogens with zero attached hydrogens (tertiary/aromatic N) is 3. The van der Waals surface area contributed by atoms with E-state index in [1.165, 1.54) is 11.3 Å². The molecule has 0 aromatic carbocycles. The molecule has 0 aliphatic carbocycles. The average Bonchev–Trinajstić information content (AvgIpc) is 2.76. The molecule has 96 valence electrons. The molecule has 0 atom stereocenters. The van der Waals surface area contributed by atoms with Crippen LogP contribution in [0.2, 0.25) is 0 Å². The summed E-state index contributed by atoms with van der Waals surface area (Å²) in [6.45, 7) is 0. The zero-order valence-corrected chi connectivity index (χ0v) is 10.6. The van der Waals surface area contributed by atoms with Crippen molar-refractivity contribution in [3.05, 3.63) is 21.9 Å². The van der Waals surface area contributed by atoms with Gasteiger partial charge >= 0.3 is 5.96 Å². The summed E-state index contributed by atoms with van der Waals surface area (Å²) < 4.78 is 0. The second-order valence-electron chi connectivity index (χ2n) is 3.04. The lowest BCUT2D eigenvalue weighted by Crippen LogP contribution is -2.74. The molecule has 1 aromatic heterocycles. The predicted molar refractivity (Wildman–Crippen MR) is 74.5 cm³/mol. The topological polar surface area (TPSA) is 141 Å². The van der Waals surface area contributed by atoms with Gasteiger partial charge in [0.25, 0.3) is 0 Å². The first-order valence-corrected chi connectivity index (χ1v) is 5.74. The first-order valence-electron chi connectivity index (χ1n) is 4.93. The Kier molecular flexibility index (Phi) is 5.32. The third kappa shape index (κ3) is 5.07. The van der Waals surface area contributed by atoms with E-state index in [0.717, 1.165) is 9.75 Å². The van der Waals surface area contributed by atoms with Gasteiger partial charge < -0.3 is 11.5 Å². The minimum Gasteiger partial charge on any atom is -0.369 e. The smallest absolute Gasteiger partial charge is 0.364 e. The van der Waals surface area contributed by atoms with Gasteiger partial charge in [0.05, 0.1) is 19.5 Å². The quantitative estimate of drug-likeness (QED) is 0.230. The Bertz CT molecular complexity index is 494. The third-order valence-electron chi connectivity index (χ3n) is 1.65. The number of nitrogens with two attached hydrogens (primary N) is 3. The van der Waals surface area contributed by atoms with Gasteiger partial charge in [-0.15, -0.1) is 21.5 Å². The van der Waals surface area contributed by atoms with Crippen molar-refractivity contribution in [2.24, 2.45) is 32.5 Å². The highest BCUT2D eigenvalue weighted by Crippen LogP contribution is 2.12. The van der Waals surface area contributed by atoms with Gasteiger partial charge in [0.15, 0.2) is 0 Å². The molecule has 0 spiro atoms. The van der Waals surface area contributed by atoms with E-state index >= 15 is 0 Å². The largest absolute Gasteiger partial charge is 0.369 e. The summed E-state index contributed by atoms with van der Waals surface area (Å²) in [6, 6.07) is 3.77. The highest BCUT2D eigenvalue weighted by atomic mass is 32.1. The SMILES string of the molecule is C[NH+]=C(N)N/N=C/c1ccc(/C=N/N=C(N)N)s1. The summed E-state index contributed by atoms with van der Waals surface area (Å²) >= 11 is 1.48. The van der Waals surface area contributed by atoms with Gasteiger partial charge in [-0.25, -0.2) is 0 Å². The summed E-state index contributed by atoms with van der Waals surface area (Å²) in [5.74, 6) is 0.296. The molecule has 0 amide bonds. The number of hydrogen-bond donors (Lipinski definition) is 5. The second-order valence-corrected chi connectivity index (χ2v) is 4.19. The van der Waals surface area contributed by atoms with Crippen molar-refractivity contribution < 1.29 is 4.99 Å². The lowest BCUT2D eigenvalue weighted by atomic mass is 10.4. The summed E-state index contributed by atoms with van der Waals surface area (Å²) in [5.41, 5.74) is 18.4. The Labute approximate surface area is 108 Å². The summed E-state index contributed by atoms with van der Waals surface area (Å²) in [4.78, 5) is 4.56. The van der Waals surface area contributed by atoms with Crippen LogP contribution in [0.4, 0.5) is 0 Å². The van der Waals surface area contributed by atoms with Crippen LogP contribution in [0, 0.1) is 0 Å². The number of hydrazone groups is 1. The van der Waals surface area contributed by atoms with Crippen LogP contribution in [0.3, 0.4) is 0 Å². The molecule has 0 fully saturated rings. The van der Waals surface area contributed by atoms with Gasteiger partial charge in [0.2, 0.25) is 5.96 Å². The number of guanidine groups is 2. The van der Waals surface area contributed by atoms with Crippen molar-refractivity contribution in [2.75, 3.05) is 7.05 Å². The molecule has 0 aliphatic heterocycles. The van der Waals surface area contributed by atoms with Crippen LogP contribution < -0.4 is 27.6 Å². The molecule has 0 bridgehead atoms. The summed E-state index contributed by atoms with van der Waals surface area (Å²) in [7, 11) is 1.70. The van der Waals surface area contributed by atoms with Crippen molar-refractivity contribution >= 4 is 35.7 Å². The second kappa shape index (κ2) is 7.01. The lowest BCUT2D eigenvalue weighted by Gasteiger charge is -1.87. The Balaban J connectivity index is 2.58. The summed E-state index contributed by atoms with van der Waals surface area (Å²) in [5, 5.41) is 11.1. The Morgan fingerprint density at radius 3 is 2.56 bits per heavy atom. The Morgan fingerprint density at radius 1 is 1.28 bits per heavy atom. The van der Waals surface area contributed by atoms with Crippen molar-refractivity contribution in [1.29, 1.82) is 0 Å². The van der Waals surface area contributed by atoms with Gasteiger partial charge in [0, 0.05) is 9.75 Å². The molecule has 8 nitrogen and oxygen atoms in total. The standard InChI is InChI=1S/C9H14N8S/c1-13-9(12)17-15-5-7-3-2-6(18-7)4-14-16-8(10)11/h2-5H,1H3,(H4,10,11,16)(H3,12,13,17)/p+1/b14-4+,15-5+. The monoisotopic (exact) mass is 267 g/mol. The first-order chi connectivity index (χ1) is 8.61. The van der Waals surface area contributed by atoms with Crippen molar-refractivity contribution in [1.82, 2.24) is 5.43 Å². The zero-order valence-electron chi connectivity index (χ0n) is 9.79. The maximum atomic E-state index is 5.46. The van der Waals surface area contributed by atoms with E-state index in [-0.39, 0.29) is 5.96 Å². The maximum Gasteiger partial charge on any atom is 0.364 e.